The number of halogens is 1. The van der Waals surface area contributed by atoms with Gasteiger partial charge in [-0.3, -0.25) is 4.79 Å². The van der Waals surface area contributed by atoms with Crippen LogP contribution in [0, 0.1) is 11.3 Å². The van der Waals surface area contributed by atoms with Crippen molar-refractivity contribution in [3.05, 3.63) is 52.5 Å². The standard InChI is InChI=1S/C26H31ClN4O5/c1-17(2)29-15-20(32)16-36-24-8-5-21(12-19(24)14-28)34-10-3-11-35-25-7-4-18(13-22(25)27)23-6-9-26(33)31-30-23/h4-5,7-8,12-13,17,20,29,32H,3,6,9-11,15-16H2,1-2H3,(H,31,33)/t20-/m0/s1. The SMILES string of the molecule is CC(C)NC[C@H](O)COc1ccc(OCCCOc2ccc(C3=NNC(=O)CC3)cc2Cl)cc1C#N. The van der Waals surface area contributed by atoms with Crippen LogP contribution in [0.2, 0.25) is 5.02 Å². The van der Waals surface area contributed by atoms with Gasteiger partial charge in [-0.15, -0.1) is 0 Å². The lowest BCUT2D eigenvalue weighted by Crippen LogP contribution is -2.35. The Kier molecular flexibility index (Phi) is 10.4. The van der Waals surface area contributed by atoms with Gasteiger partial charge >= 0.3 is 0 Å². The molecule has 1 aliphatic rings. The summed E-state index contributed by atoms with van der Waals surface area (Å²) >= 11 is 6.35. The van der Waals surface area contributed by atoms with Crippen LogP contribution in [-0.4, -0.2) is 55.2 Å². The van der Waals surface area contributed by atoms with E-state index in [2.05, 4.69) is 21.9 Å². The molecule has 10 heteroatoms. The van der Waals surface area contributed by atoms with Crippen LogP contribution in [0.25, 0.3) is 0 Å². The van der Waals surface area contributed by atoms with Crippen LogP contribution in [0.3, 0.4) is 0 Å². The first-order valence-corrected chi connectivity index (χ1v) is 12.2. The number of hydrazone groups is 1. The molecule has 0 bridgehead atoms. The highest BCUT2D eigenvalue weighted by atomic mass is 35.5. The number of nitrogens with zero attached hydrogens (tertiary/aromatic N) is 2. The van der Waals surface area contributed by atoms with Gasteiger partial charge in [0.2, 0.25) is 5.91 Å². The third-order valence-electron chi connectivity index (χ3n) is 5.25. The Labute approximate surface area is 216 Å². The first kappa shape index (κ1) is 27.3. The van der Waals surface area contributed by atoms with E-state index < -0.39 is 6.10 Å². The van der Waals surface area contributed by atoms with Gasteiger partial charge in [0.1, 0.15) is 36.0 Å². The minimum atomic E-state index is -0.678. The van der Waals surface area contributed by atoms with Gasteiger partial charge in [0.05, 0.1) is 29.5 Å². The Morgan fingerprint density at radius 2 is 1.92 bits per heavy atom. The van der Waals surface area contributed by atoms with E-state index in [9.17, 15) is 15.2 Å². The maximum atomic E-state index is 11.3. The summed E-state index contributed by atoms with van der Waals surface area (Å²) in [4.78, 5) is 11.3. The summed E-state index contributed by atoms with van der Waals surface area (Å²) in [6.45, 7) is 5.26. The summed E-state index contributed by atoms with van der Waals surface area (Å²) in [5, 5.41) is 27.1. The van der Waals surface area contributed by atoms with Gasteiger partial charge in [-0.1, -0.05) is 25.4 Å². The van der Waals surface area contributed by atoms with Gasteiger partial charge in [-0.2, -0.15) is 10.4 Å². The van der Waals surface area contributed by atoms with Gasteiger partial charge in [0.25, 0.3) is 0 Å². The fourth-order valence-electron chi connectivity index (χ4n) is 3.34. The van der Waals surface area contributed by atoms with E-state index in [0.717, 1.165) is 11.3 Å². The Hall–Kier alpha value is -3.32. The molecule has 0 fully saturated rings. The Morgan fingerprint density at radius 3 is 2.61 bits per heavy atom. The highest BCUT2D eigenvalue weighted by Crippen LogP contribution is 2.27. The van der Waals surface area contributed by atoms with Crippen molar-refractivity contribution in [3.63, 3.8) is 0 Å². The molecule has 3 N–H and O–H groups in total. The summed E-state index contributed by atoms with van der Waals surface area (Å²) in [7, 11) is 0. The predicted octanol–water partition coefficient (Wildman–Crippen LogP) is 3.41. The van der Waals surface area contributed by atoms with Gasteiger partial charge in [-0.05, 0) is 35.9 Å². The predicted molar refractivity (Wildman–Crippen MR) is 137 cm³/mol. The number of amides is 1. The Balaban J connectivity index is 1.42. The van der Waals surface area contributed by atoms with E-state index in [1.807, 2.05) is 19.9 Å². The van der Waals surface area contributed by atoms with Crippen molar-refractivity contribution in [2.24, 2.45) is 5.10 Å². The molecule has 0 saturated heterocycles. The van der Waals surface area contributed by atoms with Gasteiger partial charge in [0.15, 0.2) is 0 Å². The number of aliphatic hydroxyl groups is 1. The average molecular weight is 515 g/mol. The first-order valence-electron chi connectivity index (χ1n) is 11.8. The van der Waals surface area contributed by atoms with Crippen LogP contribution in [0.15, 0.2) is 41.5 Å². The van der Waals surface area contributed by atoms with E-state index in [0.29, 0.717) is 66.9 Å². The normalized spacial score (nSPS) is 14.0. The van der Waals surface area contributed by atoms with Crippen LogP contribution < -0.4 is 25.0 Å². The number of carbonyl (C=O) groups is 1. The quantitative estimate of drug-likeness (QED) is 0.350. The summed E-state index contributed by atoms with van der Waals surface area (Å²) < 4.78 is 17.1. The second kappa shape index (κ2) is 13.7. The zero-order valence-electron chi connectivity index (χ0n) is 20.4. The third-order valence-corrected chi connectivity index (χ3v) is 5.54. The molecule has 2 aromatic carbocycles. The second-order valence-corrected chi connectivity index (χ2v) is 8.99. The van der Waals surface area contributed by atoms with Crippen LogP contribution in [0.5, 0.6) is 17.2 Å². The molecule has 9 nitrogen and oxygen atoms in total. The lowest BCUT2D eigenvalue weighted by atomic mass is 10.0. The zero-order chi connectivity index (χ0) is 25.9. The van der Waals surface area contributed by atoms with Crippen molar-refractivity contribution < 1.29 is 24.1 Å². The molecule has 0 unspecified atom stereocenters. The number of carbonyl (C=O) groups excluding carboxylic acids is 1. The number of nitriles is 1. The summed E-state index contributed by atoms with van der Waals surface area (Å²) in [6.07, 6.45) is 0.896. The van der Waals surface area contributed by atoms with Crippen molar-refractivity contribution >= 4 is 23.2 Å². The molecule has 3 rings (SSSR count). The van der Waals surface area contributed by atoms with E-state index >= 15 is 0 Å². The van der Waals surface area contributed by atoms with Crippen LogP contribution >= 0.6 is 11.6 Å². The largest absolute Gasteiger partial charge is 0.493 e. The monoisotopic (exact) mass is 514 g/mol. The van der Waals surface area contributed by atoms with E-state index in [4.69, 9.17) is 25.8 Å². The highest BCUT2D eigenvalue weighted by Gasteiger charge is 2.15. The highest BCUT2D eigenvalue weighted by molar-refractivity contribution is 6.32. The molecule has 0 saturated carbocycles. The fraction of sp³-hybridized carbons (Fsp3) is 0.423. The summed E-state index contributed by atoms with van der Waals surface area (Å²) in [5.41, 5.74) is 4.44. The topological polar surface area (TPSA) is 125 Å². The first-order chi connectivity index (χ1) is 17.4. The lowest BCUT2D eigenvalue weighted by molar-refractivity contribution is -0.121. The maximum absolute atomic E-state index is 11.3. The molecule has 2 aromatic rings. The molecule has 1 heterocycles. The molecule has 0 aliphatic carbocycles. The molecular weight excluding hydrogens is 484 g/mol. The smallest absolute Gasteiger partial charge is 0.240 e. The molecule has 192 valence electrons. The minimum Gasteiger partial charge on any atom is -0.493 e. The lowest BCUT2D eigenvalue weighted by Gasteiger charge is -2.16. The van der Waals surface area contributed by atoms with E-state index in [1.165, 1.54) is 0 Å². The van der Waals surface area contributed by atoms with Crippen LogP contribution in [-0.2, 0) is 4.79 Å². The van der Waals surface area contributed by atoms with Crippen molar-refractivity contribution in [2.45, 2.75) is 45.3 Å². The molecule has 1 amide bonds. The van der Waals surface area contributed by atoms with E-state index in [1.54, 1.807) is 30.3 Å². The Morgan fingerprint density at radius 1 is 1.14 bits per heavy atom. The maximum Gasteiger partial charge on any atom is 0.240 e. The second-order valence-electron chi connectivity index (χ2n) is 8.59. The van der Waals surface area contributed by atoms with Crippen molar-refractivity contribution in [1.29, 1.82) is 5.26 Å². The number of benzene rings is 2. The molecule has 1 atom stereocenters. The number of ether oxygens (including phenoxy) is 3. The zero-order valence-corrected chi connectivity index (χ0v) is 21.2. The Bertz CT molecular complexity index is 1120. The molecule has 0 spiro atoms. The summed E-state index contributed by atoms with van der Waals surface area (Å²) in [6, 6.07) is 12.8. The van der Waals surface area contributed by atoms with Crippen molar-refractivity contribution in [2.75, 3.05) is 26.4 Å². The molecule has 1 aliphatic heterocycles. The molecular formula is C26H31ClN4O5. The van der Waals surface area contributed by atoms with E-state index in [-0.39, 0.29) is 18.6 Å². The fourth-order valence-corrected chi connectivity index (χ4v) is 3.57. The van der Waals surface area contributed by atoms with Crippen LogP contribution in [0.4, 0.5) is 0 Å². The number of hydrogen-bond donors (Lipinski definition) is 3. The minimum absolute atomic E-state index is 0.0835. The molecule has 0 radical (unpaired) electrons. The number of rotatable bonds is 13. The van der Waals surface area contributed by atoms with Crippen molar-refractivity contribution in [1.82, 2.24) is 10.7 Å². The number of hydrogen-bond acceptors (Lipinski definition) is 8. The number of nitrogens with one attached hydrogen (secondary N) is 2. The molecule has 36 heavy (non-hydrogen) atoms. The van der Waals surface area contributed by atoms with Gasteiger partial charge in [0, 0.05) is 37.9 Å². The van der Waals surface area contributed by atoms with Crippen LogP contribution in [0.1, 0.15) is 44.2 Å². The molecule has 0 aromatic heterocycles. The van der Waals surface area contributed by atoms with Crippen molar-refractivity contribution in [3.8, 4) is 23.3 Å². The third kappa shape index (κ3) is 8.41. The number of aliphatic hydroxyl groups excluding tert-OH is 1. The van der Waals surface area contributed by atoms with Gasteiger partial charge < -0.3 is 24.6 Å². The average Bonchev–Trinajstić information content (AvgIpc) is 2.87. The van der Waals surface area contributed by atoms with Gasteiger partial charge in [-0.25, -0.2) is 5.43 Å². The summed E-state index contributed by atoms with van der Waals surface area (Å²) in [5.74, 6) is 1.41.